The van der Waals surface area contributed by atoms with Crippen molar-refractivity contribution in [3.8, 4) is 0 Å². The van der Waals surface area contributed by atoms with Crippen molar-refractivity contribution in [3.05, 3.63) is 76.4 Å². The van der Waals surface area contributed by atoms with Gasteiger partial charge in [-0.1, -0.05) is 48.5 Å². The lowest BCUT2D eigenvalue weighted by Crippen LogP contribution is -2.36. The van der Waals surface area contributed by atoms with Gasteiger partial charge in [0.25, 0.3) is 10.0 Å². The largest absolute Gasteiger partial charge is 0.349 e. The molecule has 0 aromatic heterocycles. The monoisotopic (exact) mass is 382 g/mol. The normalized spacial score (nSPS) is 16.0. The van der Waals surface area contributed by atoms with Crippen LogP contribution in [0.15, 0.2) is 58.5 Å². The molecule has 1 aliphatic rings. The van der Waals surface area contributed by atoms with Crippen LogP contribution in [-0.4, -0.2) is 25.2 Å². The van der Waals surface area contributed by atoms with Gasteiger partial charge in [-0.15, -0.1) is 4.40 Å². The van der Waals surface area contributed by atoms with Gasteiger partial charge in [0.1, 0.15) is 10.7 Å². The fourth-order valence-electron chi connectivity index (χ4n) is 3.32. The lowest BCUT2D eigenvalue weighted by atomic mass is 10.0. The molecule has 5 heteroatoms. The number of benzene rings is 2. The van der Waals surface area contributed by atoms with Crippen LogP contribution < -0.4 is 0 Å². The van der Waals surface area contributed by atoms with Gasteiger partial charge >= 0.3 is 0 Å². The van der Waals surface area contributed by atoms with Crippen LogP contribution in [0.5, 0.6) is 0 Å². The van der Waals surface area contributed by atoms with E-state index in [9.17, 15) is 8.42 Å². The molecule has 0 aliphatic carbocycles. The highest BCUT2D eigenvalue weighted by molar-refractivity contribution is 8.00. The lowest BCUT2D eigenvalue weighted by Gasteiger charge is -2.29. The highest BCUT2D eigenvalue weighted by Gasteiger charge is 2.34. The summed E-state index contributed by atoms with van der Waals surface area (Å²) in [5, 5.41) is 0. The van der Waals surface area contributed by atoms with Crippen LogP contribution in [0.4, 0.5) is 0 Å². The van der Waals surface area contributed by atoms with Crippen LogP contribution in [0.25, 0.3) is 4.91 Å². The summed E-state index contributed by atoms with van der Waals surface area (Å²) in [4.78, 5) is 2.37. The molecule has 0 bridgehead atoms. The summed E-state index contributed by atoms with van der Waals surface area (Å²) in [6.45, 7) is 10.6. The Morgan fingerprint density at radius 1 is 0.963 bits per heavy atom. The smallest absolute Gasteiger partial charge is 0.285 e. The standard InChI is InChI=1S/C22H26N2O2S/c1-15(2)24(14-19-9-7-6-8-10-19)22-18(5)21(27(25,26)23-22)20-12-11-16(3)17(4)13-20/h6-13,15H,14H2,1-5H3. The zero-order chi connectivity index (χ0) is 19.8. The first-order chi connectivity index (χ1) is 12.7. The van der Waals surface area contributed by atoms with Crippen molar-refractivity contribution in [1.82, 2.24) is 4.90 Å². The van der Waals surface area contributed by atoms with Crippen molar-refractivity contribution in [2.45, 2.75) is 47.2 Å². The van der Waals surface area contributed by atoms with Gasteiger partial charge < -0.3 is 4.90 Å². The summed E-state index contributed by atoms with van der Waals surface area (Å²) in [7, 11) is -3.71. The molecular weight excluding hydrogens is 356 g/mol. The number of hydrogen-bond acceptors (Lipinski definition) is 3. The van der Waals surface area contributed by atoms with Gasteiger partial charge in [0, 0.05) is 18.2 Å². The molecule has 0 spiro atoms. The summed E-state index contributed by atoms with van der Waals surface area (Å²) in [6.07, 6.45) is 0. The lowest BCUT2D eigenvalue weighted by molar-refractivity contribution is 0.344. The Kier molecular flexibility index (Phi) is 5.24. The first-order valence-electron chi connectivity index (χ1n) is 9.15. The van der Waals surface area contributed by atoms with Crippen molar-refractivity contribution in [2.75, 3.05) is 0 Å². The van der Waals surface area contributed by atoms with E-state index in [0.29, 0.717) is 28.4 Å². The van der Waals surface area contributed by atoms with Crippen LogP contribution in [0.1, 0.15) is 43.0 Å². The minimum absolute atomic E-state index is 0.119. The average molecular weight is 383 g/mol. The van der Waals surface area contributed by atoms with Crippen LogP contribution in [0.2, 0.25) is 0 Å². The van der Waals surface area contributed by atoms with Crippen LogP contribution >= 0.6 is 0 Å². The van der Waals surface area contributed by atoms with Gasteiger partial charge in [0.2, 0.25) is 0 Å². The van der Waals surface area contributed by atoms with E-state index in [2.05, 4.69) is 23.1 Å². The molecule has 0 fully saturated rings. The molecule has 1 aliphatic heterocycles. The molecule has 27 heavy (non-hydrogen) atoms. The minimum Gasteiger partial charge on any atom is -0.349 e. The molecule has 0 unspecified atom stereocenters. The summed E-state index contributed by atoms with van der Waals surface area (Å²) in [5.74, 6) is 0.544. The van der Waals surface area contributed by atoms with Crippen molar-refractivity contribution in [1.29, 1.82) is 0 Å². The highest BCUT2D eigenvalue weighted by Crippen LogP contribution is 2.35. The Hall–Kier alpha value is -2.40. The molecule has 0 radical (unpaired) electrons. The minimum atomic E-state index is -3.71. The van der Waals surface area contributed by atoms with Gasteiger partial charge in [0.15, 0.2) is 0 Å². The third kappa shape index (κ3) is 3.83. The fourth-order valence-corrected chi connectivity index (χ4v) is 4.78. The van der Waals surface area contributed by atoms with Crippen molar-refractivity contribution >= 4 is 20.8 Å². The van der Waals surface area contributed by atoms with Crippen LogP contribution in [0.3, 0.4) is 0 Å². The summed E-state index contributed by atoms with van der Waals surface area (Å²) in [5.41, 5.74) is 4.75. The van der Waals surface area contributed by atoms with Gasteiger partial charge in [-0.05, 0) is 56.9 Å². The number of amidine groups is 1. The van der Waals surface area contributed by atoms with Gasteiger partial charge in [-0.25, -0.2) is 0 Å². The Morgan fingerprint density at radius 2 is 1.63 bits per heavy atom. The molecule has 4 nitrogen and oxygen atoms in total. The molecule has 2 aromatic rings. The zero-order valence-electron chi connectivity index (χ0n) is 16.5. The molecule has 0 atom stereocenters. The molecule has 3 rings (SSSR count). The molecule has 0 N–H and O–H groups in total. The van der Waals surface area contributed by atoms with Crippen LogP contribution in [-0.2, 0) is 16.6 Å². The van der Waals surface area contributed by atoms with E-state index in [0.717, 1.165) is 16.7 Å². The summed E-state index contributed by atoms with van der Waals surface area (Å²) >= 11 is 0. The third-order valence-electron chi connectivity index (χ3n) is 5.00. The number of rotatable bonds is 4. The van der Waals surface area contributed by atoms with E-state index >= 15 is 0 Å². The zero-order valence-corrected chi connectivity index (χ0v) is 17.3. The molecule has 0 amide bonds. The molecule has 2 aromatic carbocycles. The maximum atomic E-state index is 12.9. The molecule has 0 saturated heterocycles. The molecular formula is C22H26N2O2S. The summed E-state index contributed by atoms with van der Waals surface area (Å²) in [6, 6.07) is 15.9. The Balaban J connectivity index is 2.06. The van der Waals surface area contributed by atoms with Crippen LogP contribution in [0, 0.1) is 13.8 Å². The van der Waals surface area contributed by atoms with Crippen molar-refractivity contribution < 1.29 is 8.42 Å². The third-order valence-corrected chi connectivity index (χ3v) is 6.47. The van der Waals surface area contributed by atoms with E-state index in [1.807, 2.05) is 69.3 Å². The number of aryl methyl sites for hydroxylation is 2. The Labute approximate surface area is 162 Å². The molecule has 0 saturated carbocycles. The van der Waals surface area contributed by atoms with E-state index in [1.54, 1.807) is 0 Å². The van der Waals surface area contributed by atoms with Gasteiger partial charge in [-0.2, -0.15) is 8.42 Å². The maximum absolute atomic E-state index is 12.9. The van der Waals surface area contributed by atoms with Crippen molar-refractivity contribution in [2.24, 2.45) is 4.40 Å². The second-order valence-electron chi connectivity index (χ2n) is 7.35. The predicted octanol–water partition coefficient (Wildman–Crippen LogP) is 4.69. The number of hydrogen-bond donors (Lipinski definition) is 0. The predicted molar refractivity (Wildman–Crippen MR) is 112 cm³/mol. The van der Waals surface area contributed by atoms with Crippen molar-refractivity contribution in [3.63, 3.8) is 0 Å². The Bertz CT molecular complexity index is 1020. The first-order valence-corrected chi connectivity index (χ1v) is 10.6. The Morgan fingerprint density at radius 3 is 2.22 bits per heavy atom. The van der Waals surface area contributed by atoms with E-state index in [4.69, 9.17) is 0 Å². The van der Waals surface area contributed by atoms with E-state index in [-0.39, 0.29) is 6.04 Å². The van der Waals surface area contributed by atoms with E-state index in [1.165, 1.54) is 0 Å². The topological polar surface area (TPSA) is 49.7 Å². The van der Waals surface area contributed by atoms with Gasteiger partial charge in [-0.3, -0.25) is 0 Å². The maximum Gasteiger partial charge on any atom is 0.285 e. The second-order valence-corrected chi connectivity index (χ2v) is 8.89. The summed E-state index contributed by atoms with van der Waals surface area (Å²) < 4.78 is 29.9. The first kappa shape index (κ1) is 19.4. The number of nitrogens with zero attached hydrogens (tertiary/aromatic N) is 2. The highest BCUT2D eigenvalue weighted by atomic mass is 32.2. The van der Waals surface area contributed by atoms with E-state index < -0.39 is 10.0 Å². The SMILES string of the molecule is CC1=C(c2ccc(C)c(C)c2)S(=O)(=O)N=C1N(Cc1ccccc1)C(C)C. The van der Waals surface area contributed by atoms with Gasteiger partial charge in [0.05, 0.1) is 0 Å². The second kappa shape index (κ2) is 7.31. The quantitative estimate of drug-likeness (QED) is 0.771. The molecule has 142 valence electrons. The molecule has 1 heterocycles. The fraction of sp³-hybridized carbons (Fsp3) is 0.318. The average Bonchev–Trinajstić information content (AvgIpc) is 2.85. The number of sulfonamides is 1.